The zero-order valence-electron chi connectivity index (χ0n) is 11.3. The first-order chi connectivity index (χ1) is 7.49. The molecule has 0 saturated carbocycles. The number of carbonyl (C=O) groups is 1. The molecule has 0 rings (SSSR count). The van der Waals surface area contributed by atoms with Crippen molar-refractivity contribution in [2.45, 2.75) is 33.7 Å². The van der Waals surface area contributed by atoms with Gasteiger partial charge in [-0.3, -0.25) is 4.79 Å². The molecule has 2 N–H and O–H groups in total. The Balaban J connectivity index is 3.64. The maximum absolute atomic E-state index is 11.6. The summed E-state index contributed by atoms with van der Waals surface area (Å²) in [4.78, 5) is 13.8. The topological polar surface area (TPSA) is 44.4 Å². The first-order valence-corrected chi connectivity index (χ1v) is 6.17. The Kier molecular flexibility index (Phi) is 8.21. The van der Waals surface area contributed by atoms with Crippen LogP contribution in [-0.4, -0.2) is 50.1 Å². The van der Waals surface area contributed by atoms with Gasteiger partial charge in [-0.1, -0.05) is 13.8 Å². The summed E-state index contributed by atoms with van der Waals surface area (Å²) < 4.78 is 0. The van der Waals surface area contributed by atoms with Crippen LogP contribution in [-0.2, 0) is 4.79 Å². The van der Waals surface area contributed by atoms with E-state index < -0.39 is 0 Å². The Morgan fingerprint density at radius 2 is 1.94 bits per heavy atom. The number of nitrogens with one attached hydrogen (secondary N) is 2. The molecule has 1 unspecified atom stereocenters. The van der Waals surface area contributed by atoms with Crippen LogP contribution < -0.4 is 10.6 Å². The van der Waals surface area contributed by atoms with Crippen molar-refractivity contribution in [2.75, 3.05) is 33.2 Å². The van der Waals surface area contributed by atoms with Gasteiger partial charge in [0.25, 0.3) is 0 Å². The van der Waals surface area contributed by atoms with Crippen molar-refractivity contribution in [3.8, 4) is 0 Å². The summed E-state index contributed by atoms with van der Waals surface area (Å²) in [7, 11) is 2.07. The van der Waals surface area contributed by atoms with Gasteiger partial charge in [-0.25, -0.2) is 0 Å². The Morgan fingerprint density at radius 3 is 2.44 bits per heavy atom. The number of likely N-dealkylation sites (N-methyl/N-ethyl adjacent to an activating group) is 1. The predicted molar refractivity (Wildman–Crippen MR) is 68.5 cm³/mol. The van der Waals surface area contributed by atoms with E-state index in [-0.39, 0.29) is 11.8 Å². The molecule has 0 bridgehead atoms. The Hall–Kier alpha value is -0.610. The van der Waals surface area contributed by atoms with Gasteiger partial charge in [0.05, 0.1) is 0 Å². The summed E-state index contributed by atoms with van der Waals surface area (Å²) in [5.74, 6) is 0.183. The maximum atomic E-state index is 11.6. The highest BCUT2D eigenvalue weighted by atomic mass is 16.1. The molecule has 0 aromatic carbocycles. The van der Waals surface area contributed by atoms with E-state index in [4.69, 9.17) is 0 Å². The highest BCUT2D eigenvalue weighted by molar-refractivity contribution is 5.78. The average molecular weight is 229 g/mol. The minimum absolute atomic E-state index is 0.0457. The molecular weight excluding hydrogens is 202 g/mol. The Labute approximate surface area is 99.8 Å². The first kappa shape index (κ1) is 15.4. The van der Waals surface area contributed by atoms with Crippen molar-refractivity contribution >= 4 is 5.91 Å². The highest BCUT2D eigenvalue weighted by Crippen LogP contribution is 1.94. The lowest BCUT2D eigenvalue weighted by molar-refractivity contribution is -0.124. The van der Waals surface area contributed by atoms with Gasteiger partial charge in [0.1, 0.15) is 0 Å². The molecular formula is C12H27N3O. The van der Waals surface area contributed by atoms with Gasteiger partial charge in [0.2, 0.25) is 5.91 Å². The van der Waals surface area contributed by atoms with E-state index in [1.165, 1.54) is 0 Å². The van der Waals surface area contributed by atoms with E-state index >= 15 is 0 Å². The second-order valence-corrected chi connectivity index (χ2v) is 4.57. The van der Waals surface area contributed by atoms with Crippen molar-refractivity contribution in [2.24, 2.45) is 5.92 Å². The SMILES string of the molecule is CCNCC(C)C(=O)NCCN(C)C(C)C. The van der Waals surface area contributed by atoms with Crippen LogP contribution in [0.2, 0.25) is 0 Å². The minimum atomic E-state index is 0.0457. The second kappa shape index (κ2) is 8.53. The molecule has 1 atom stereocenters. The highest BCUT2D eigenvalue weighted by Gasteiger charge is 2.11. The smallest absolute Gasteiger partial charge is 0.224 e. The quantitative estimate of drug-likeness (QED) is 0.643. The van der Waals surface area contributed by atoms with Gasteiger partial charge in [-0.2, -0.15) is 0 Å². The lowest BCUT2D eigenvalue weighted by Gasteiger charge is -2.21. The molecule has 0 aromatic rings. The molecule has 0 aliphatic rings. The average Bonchev–Trinajstić information content (AvgIpc) is 2.25. The zero-order valence-corrected chi connectivity index (χ0v) is 11.3. The molecule has 1 amide bonds. The van der Waals surface area contributed by atoms with Crippen molar-refractivity contribution in [3.05, 3.63) is 0 Å². The van der Waals surface area contributed by atoms with Crippen molar-refractivity contribution < 1.29 is 4.79 Å². The fourth-order valence-corrected chi connectivity index (χ4v) is 1.24. The molecule has 0 heterocycles. The summed E-state index contributed by atoms with van der Waals surface area (Å²) >= 11 is 0. The lowest BCUT2D eigenvalue weighted by atomic mass is 10.1. The monoisotopic (exact) mass is 229 g/mol. The largest absolute Gasteiger partial charge is 0.355 e. The van der Waals surface area contributed by atoms with Gasteiger partial charge in [-0.15, -0.1) is 0 Å². The summed E-state index contributed by atoms with van der Waals surface area (Å²) in [5.41, 5.74) is 0. The number of hydrogen-bond donors (Lipinski definition) is 2. The predicted octanol–water partition coefficient (Wildman–Crippen LogP) is 0.688. The standard InChI is InChI=1S/C12H27N3O/c1-6-13-9-11(4)12(16)14-7-8-15(5)10(2)3/h10-11,13H,6-9H2,1-5H3,(H,14,16). The van der Waals surface area contributed by atoms with Crippen LogP contribution in [0.4, 0.5) is 0 Å². The van der Waals surface area contributed by atoms with Crippen LogP contribution in [0.3, 0.4) is 0 Å². The first-order valence-electron chi connectivity index (χ1n) is 6.17. The third-order valence-corrected chi connectivity index (χ3v) is 2.79. The summed E-state index contributed by atoms with van der Waals surface area (Å²) in [6, 6.07) is 0.524. The van der Waals surface area contributed by atoms with E-state index in [1.54, 1.807) is 0 Å². The Bertz CT molecular complexity index is 195. The summed E-state index contributed by atoms with van der Waals surface area (Å²) in [5, 5.41) is 6.13. The normalized spacial score (nSPS) is 13.2. The number of nitrogens with zero attached hydrogens (tertiary/aromatic N) is 1. The summed E-state index contributed by atoms with van der Waals surface area (Å²) in [6.45, 7) is 11.6. The van der Waals surface area contributed by atoms with Gasteiger partial charge < -0.3 is 15.5 Å². The van der Waals surface area contributed by atoms with Crippen molar-refractivity contribution in [3.63, 3.8) is 0 Å². The van der Waals surface area contributed by atoms with E-state index in [1.807, 2.05) is 13.8 Å². The van der Waals surface area contributed by atoms with Gasteiger partial charge in [-0.05, 0) is 27.4 Å². The van der Waals surface area contributed by atoms with Crippen LogP contribution in [0.15, 0.2) is 0 Å². The van der Waals surface area contributed by atoms with E-state index in [2.05, 4.69) is 36.4 Å². The zero-order chi connectivity index (χ0) is 12.6. The third kappa shape index (κ3) is 6.80. The fraction of sp³-hybridized carbons (Fsp3) is 0.917. The van der Waals surface area contributed by atoms with E-state index in [0.29, 0.717) is 6.04 Å². The van der Waals surface area contributed by atoms with Gasteiger partial charge in [0, 0.05) is 31.6 Å². The van der Waals surface area contributed by atoms with Crippen LogP contribution in [0, 0.1) is 5.92 Å². The molecule has 0 aromatic heterocycles. The van der Waals surface area contributed by atoms with Crippen LogP contribution in [0.5, 0.6) is 0 Å². The van der Waals surface area contributed by atoms with Gasteiger partial charge in [0.15, 0.2) is 0 Å². The fourth-order valence-electron chi connectivity index (χ4n) is 1.24. The van der Waals surface area contributed by atoms with Crippen molar-refractivity contribution in [1.82, 2.24) is 15.5 Å². The maximum Gasteiger partial charge on any atom is 0.224 e. The molecule has 0 spiro atoms. The van der Waals surface area contributed by atoms with Crippen LogP contribution in [0.1, 0.15) is 27.7 Å². The number of rotatable bonds is 8. The number of hydrogen-bond acceptors (Lipinski definition) is 3. The molecule has 4 heteroatoms. The van der Waals surface area contributed by atoms with Gasteiger partial charge >= 0.3 is 0 Å². The van der Waals surface area contributed by atoms with E-state index in [9.17, 15) is 4.79 Å². The third-order valence-electron chi connectivity index (χ3n) is 2.79. The molecule has 0 aliphatic carbocycles. The van der Waals surface area contributed by atoms with E-state index in [0.717, 1.165) is 26.2 Å². The van der Waals surface area contributed by atoms with Crippen LogP contribution in [0.25, 0.3) is 0 Å². The molecule has 0 radical (unpaired) electrons. The Morgan fingerprint density at radius 1 is 1.31 bits per heavy atom. The molecule has 16 heavy (non-hydrogen) atoms. The molecule has 0 aliphatic heterocycles. The molecule has 96 valence electrons. The number of carbonyl (C=O) groups excluding carboxylic acids is 1. The van der Waals surface area contributed by atoms with Crippen molar-refractivity contribution in [1.29, 1.82) is 0 Å². The molecule has 0 saturated heterocycles. The number of amides is 1. The lowest BCUT2D eigenvalue weighted by Crippen LogP contribution is -2.40. The molecule has 0 fully saturated rings. The van der Waals surface area contributed by atoms with Crippen LogP contribution >= 0.6 is 0 Å². The summed E-state index contributed by atoms with van der Waals surface area (Å²) in [6.07, 6.45) is 0. The second-order valence-electron chi connectivity index (χ2n) is 4.57. The molecule has 4 nitrogen and oxygen atoms in total. The minimum Gasteiger partial charge on any atom is -0.355 e.